The van der Waals surface area contributed by atoms with Crippen molar-refractivity contribution in [2.45, 2.75) is 41.4 Å². The number of pyridine rings is 1. The zero-order valence-corrected chi connectivity index (χ0v) is 13.0. The molecule has 0 saturated carbocycles. The van der Waals surface area contributed by atoms with Crippen molar-refractivity contribution in [1.29, 1.82) is 0 Å². The average molecular weight is 312 g/mol. The van der Waals surface area contributed by atoms with E-state index in [1.54, 1.807) is 18.5 Å². The molecule has 4 nitrogen and oxygen atoms in total. The van der Waals surface area contributed by atoms with Crippen LogP contribution >= 0.6 is 11.8 Å². The summed E-state index contributed by atoms with van der Waals surface area (Å²) in [5.41, 5.74) is 6.40. The number of rotatable bonds is 2. The van der Waals surface area contributed by atoms with Crippen LogP contribution in [0.1, 0.15) is 25.7 Å². The molecule has 0 bridgehead atoms. The zero-order valence-electron chi connectivity index (χ0n) is 11.4. The molecular formula is C14H20N2O2S2. The topological polar surface area (TPSA) is 65.2 Å². The number of hydrogen-bond donors (Lipinski definition) is 1. The van der Waals surface area contributed by atoms with Crippen LogP contribution in [0, 0.1) is 0 Å². The third-order valence-electron chi connectivity index (χ3n) is 4.18. The molecule has 20 heavy (non-hydrogen) atoms. The highest BCUT2D eigenvalue weighted by molar-refractivity contribution is 7.99. The molecule has 0 amide bonds. The van der Waals surface area contributed by atoms with Gasteiger partial charge in [-0.3, -0.25) is 9.19 Å². The molecule has 110 valence electrons. The molecule has 2 atom stereocenters. The Labute approximate surface area is 126 Å². The highest BCUT2D eigenvalue weighted by atomic mass is 32.2. The van der Waals surface area contributed by atoms with Crippen LogP contribution in [0.3, 0.4) is 0 Å². The second-order valence-electron chi connectivity index (χ2n) is 5.47. The van der Waals surface area contributed by atoms with Gasteiger partial charge in [0.1, 0.15) is 0 Å². The Balaban J connectivity index is 1.77. The van der Waals surface area contributed by atoms with E-state index in [0.29, 0.717) is 12.3 Å². The summed E-state index contributed by atoms with van der Waals surface area (Å²) in [6, 6.07) is 1.78. The fraction of sp³-hybridized carbons (Fsp3) is 0.643. The van der Waals surface area contributed by atoms with Gasteiger partial charge < -0.3 is 10.5 Å². The summed E-state index contributed by atoms with van der Waals surface area (Å²) in [5, 5.41) is 0.150. The van der Waals surface area contributed by atoms with Gasteiger partial charge in [-0.1, -0.05) is 0 Å². The Kier molecular flexibility index (Phi) is 4.33. The molecule has 2 aliphatic rings. The Morgan fingerprint density at radius 2 is 2.25 bits per heavy atom. The molecule has 2 N–H and O–H groups in total. The number of nitrogen functional groups attached to an aromatic ring is 1. The summed E-state index contributed by atoms with van der Waals surface area (Å²) in [4.78, 5) is 4.70. The van der Waals surface area contributed by atoms with E-state index in [2.05, 4.69) is 4.98 Å². The van der Waals surface area contributed by atoms with Crippen LogP contribution in [0.4, 0.5) is 5.69 Å². The van der Waals surface area contributed by atoms with E-state index < -0.39 is 10.8 Å². The van der Waals surface area contributed by atoms with Gasteiger partial charge in [-0.05, 0) is 43.3 Å². The van der Waals surface area contributed by atoms with Crippen LogP contribution in [0.2, 0.25) is 0 Å². The van der Waals surface area contributed by atoms with Crippen LogP contribution in [0.5, 0.6) is 0 Å². The van der Waals surface area contributed by atoms with Crippen molar-refractivity contribution in [2.75, 3.05) is 23.8 Å². The van der Waals surface area contributed by atoms with E-state index in [0.717, 1.165) is 42.1 Å². The number of hydrogen-bond acceptors (Lipinski definition) is 5. The van der Waals surface area contributed by atoms with E-state index in [9.17, 15) is 4.21 Å². The number of anilines is 1. The monoisotopic (exact) mass is 312 g/mol. The van der Waals surface area contributed by atoms with Crippen LogP contribution in [-0.4, -0.2) is 38.2 Å². The fourth-order valence-corrected chi connectivity index (χ4v) is 5.86. The van der Waals surface area contributed by atoms with Crippen molar-refractivity contribution in [3.8, 4) is 0 Å². The van der Waals surface area contributed by atoms with Gasteiger partial charge in [0, 0.05) is 18.1 Å². The van der Waals surface area contributed by atoms with Gasteiger partial charge in [-0.25, -0.2) is 0 Å². The van der Waals surface area contributed by atoms with Crippen molar-refractivity contribution in [2.24, 2.45) is 0 Å². The number of nitrogens with zero attached hydrogens (tertiary/aromatic N) is 1. The van der Waals surface area contributed by atoms with Gasteiger partial charge in [0.15, 0.2) is 0 Å². The average Bonchev–Trinajstić information content (AvgIpc) is 2.48. The summed E-state index contributed by atoms with van der Waals surface area (Å²) >= 11 is 1.99. The first kappa shape index (κ1) is 14.4. The largest absolute Gasteiger partial charge is 0.396 e. The van der Waals surface area contributed by atoms with Crippen molar-refractivity contribution in [3.05, 3.63) is 18.5 Å². The SMILES string of the molecule is Nc1cnccc1S(=O)C1CCOC2(CCSCC2)C1. The molecule has 0 radical (unpaired) electrons. The van der Waals surface area contributed by atoms with Crippen LogP contribution in [0.25, 0.3) is 0 Å². The molecule has 2 unspecified atom stereocenters. The van der Waals surface area contributed by atoms with Gasteiger partial charge >= 0.3 is 0 Å². The van der Waals surface area contributed by atoms with Crippen molar-refractivity contribution in [1.82, 2.24) is 4.98 Å². The molecule has 6 heteroatoms. The van der Waals surface area contributed by atoms with E-state index >= 15 is 0 Å². The van der Waals surface area contributed by atoms with Gasteiger partial charge in [-0.2, -0.15) is 11.8 Å². The molecule has 1 aromatic rings. The Morgan fingerprint density at radius 3 is 3.00 bits per heavy atom. The molecule has 0 aliphatic carbocycles. The molecule has 2 saturated heterocycles. The lowest BCUT2D eigenvalue weighted by Gasteiger charge is -2.43. The fourth-order valence-electron chi connectivity index (χ4n) is 3.01. The van der Waals surface area contributed by atoms with Crippen LogP contribution in [0.15, 0.2) is 23.4 Å². The van der Waals surface area contributed by atoms with Gasteiger partial charge in [0.2, 0.25) is 0 Å². The molecule has 2 aliphatic heterocycles. The first-order chi connectivity index (χ1) is 9.70. The summed E-state index contributed by atoms with van der Waals surface area (Å²) in [5.74, 6) is 2.30. The summed E-state index contributed by atoms with van der Waals surface area (Å²) in [7, 11) is -1.06. The Morgan fingerprint density at radius 1 is 1.45 bits per heavy atom. The smallest absolute Gasteiger partial charge is 0.0709 e. The number of thioether (sulfide) groups is 1. The highest BCUT2D eigenvalue weighted by Crippen LogP contribution is 2.40. The number of nitrogens with two attached hydrogens (primary N) is 1. The predicted octanol–water partition coefficient (Wildman–Crippen LogP) is 2.22. The molecular weight excluding hydrogens is 292 g/mol. The molecule has 2 fully saturated rings. The summed E-state index contributed by atoms with van der Waals surface area (Å²) < 4.78 is 18.9. The standard InChI is InChI=1S/C14H20N2O2S2/c15-12-10-16-5-1-13(12)20(17)11-2-6-18-14(9-11)3-7-19-8-4-14/h1,5,10-11H,2-4,6-9,15H2. The highest BCUT2D eigenvalue weighted by Gasteiger charge is 2.40. The lowest BCUT2D eigenvalue weighted by Crippen LogP contribution is -2.45. The summed E-state index contributed by atoms with van der Waals surface area (Å²) in [6.07, 6.45) is 7.15. The van der Waals surface area contributed by atoms with Crippen molar-refractivity contribution in [3.63, 3.8) is 0 Å². The third-order valence-corrected chi connectivity index (χ3v) is 6.98. The second kappa shape index (κ2) is 6.03. The minimum atomic E-state index is -1.06. The first-order valence-electron chi connectivity index (χ1n) is 7.02. The lowest BCUT2D eigenvalue weighted by molar-refractivity contribution is -0.0809. The summed E-state index contributed by atoms with van der Waals surface area (Å²) in [6.45, 7) is 0.714. The van der Waals surface area contributed by atoms with E-state index in [1.807, 2.05) is 11.8 Å². The van der Waals surface area contributed by atoms with Crippen LogP contribution < -0.4 is 5.73 Å². The van der Waals surface area contributed by atoms with Gasteiger partial charge in [0.05, 0.1) is 33.2 Å². The molecule has 1 spiro atoms. The molecule has 0 aromatic carbocycles. The minimum absolute atomic E-state index is 0.0361. The predicted molar refractivity (Wildman–Crippen MR) is 83.3 cm³/mol. The molecule has 3 heterocycles. The van der Waals surface area contributed by atoms with E-state index in [-0.39, 0.29) is 10.9 Å². The Bertz CT molecular complexity index is 498. The third kappa shape index (κ3) is 2.87. The number of aromatic nitrogens is 1. The maximum absolute atomic E-state index is 12.8. The maximum Gasteiger partial charge on any atom is 0.0709 e. The van der Waals surface area contributed by atoms with Gasteiger partial charge in [0.25, 0.3) is 0 Å². The van der Waals surface area contributed by atoms with Crippen LogP contribution in [-0.2, 0) is 15.5 Å². The number of ether oxygens (including phenoxy) is 1. The van der Waals surface area contributed by atoms with Gasteiger partial charge in [-0.15, -0.1) is 0 Å². The lowest BCUT2D eigenvalue weighted by atomic mass is 9.88. The van der Waals surface area contributed by atoms with Crippen molar-refractivity contribution >= 4 is 28.2 Å². The molecule has 1 aromatic heterocycles. The normalized spacial score (nSPS) is 27.3. The van der Waals surface area contributed by atoms with E-state index in [4.69, 9.17) is 10.5 Å². The zero-order chi connectivity index (χ0) is 14.0. The second-order valence-corrected chi connectivity index (χ2v) is 8.40. The maximum atomic E-state index is 12.8. The minimum Gasteiger partial charge on any atom is -0.396 e. The molecule has 3 rings (SSSR count). The van der Waals surface area contributed by atoms with Crippen molar-refractivity contribution < 1.29 is 8.95 Å². The quantitative estimate of drug-likeness (QED) is 0.907. The first-order valence-corrected chi connectivity index (χ1v) is 9.39. The van der Waals surface area contributed by atoms with E-state index in [1.165, 1.54) is 0 Å². The Hall–Kier alpha value is -0.590.